The van der Waals surface area contributed by atoms with Crippen LogP contribution in [0.4, 0.5) is 5.95 Å². The fourth-order valence-corrected chi connectivity index (χ4v) is 1.89. The van der Waals surface area contributed by atoms with Gasteiger partial charge in [0.1, 0.15) is 0 Å². The van der Waals surface area contributed by atoms with Crippen molar-refractivity contribution in [1.29, 1.82) is 0 Å². The van der Waals surface area contributed by atoms with Crippen LogP contribution in [-0.4, -0.2) is 23.1 Å². The average molecular weight is 286 g/mol. The summed E-state index contributed by atoms with van der Waals surface area (Å²) in [6, 6.07) is 10.2. The fourth-order valence-electron chi connectivity index (χ4n) is 1.89. The van der Waals surface area contributed by atoms with Crippen LogP contribution >= 0.6 is 0 Å². The van der Waals surface area contributed by atoms with Gasteiger partial charge in [0.05, 0.1) is 6.61 Å². The molecule has 0 fully saturated rings. The van der Waals surface area contributed by atoms with Crippen LogP contribution in [0.15, 0.2) is 36.5 Å². The van der Waals surface area contributed by atoms with Gasteiger partial charge in [0.2, 0.25) is 11.8 Å². The van der Waals surface area contributed by atoms with E-state index in [2.05, 4.69) is 46.5 Å². The van der Waals surface area contributed by atoms with Gasteiger partial charge in [0, 0.05) is 18.8 Å². The van der Waals surface area contributed by atoms with Gasteiger partial charge in [-0.3, -0.25) is 0 Å². The number of nitrogens with one attached hydrogen (secondary N) is 1. The third-order valence-corrected chi connectivity index (χ3v) is 2.99. The summed E-state index contributed by atoms with van der Waals surface area (Å²) in [5.74, 6) is 1.18. The van der Waals surface area contributed by atoms with Crippen molar-refractivity contribution in [2.75, 3.05) is 18.5 Å². The highest BCUT2D eigenvalue weighted by atomic mass is 16.5. The number of rotatable bonds is 8. The van der Waals surface area contributed by atoms with E-state index in [1.807, 2.05) is 0 Å². The van der Waals surface area contributed by atoms with Gasteiger partial charge in [-0.25, -0.2) is 4.98 Å². The van der Waals surface area contributed by atoms with E-state index in [1.54, 1.807) is 12.3 Å². The lowest BCUT2D eigenvalue weighted by molar-refractivity contribution is 0.305. The summed E-state index contributed by atoms with van der Waals surface area (Å²) < 4.78 is 5.49. The van der Waals surface area contributed by atoms with Crippen LogP contribution in [0.25, 0.3) is 0 Å². The van der Waals surface area contributed by atoms with Gasteiger partial charge in [0.25, 0.3) is 0 Å². The third-order valence-electron chi connectivity index (χ3n) is 2.99. The Morgan fingerprint density at radius 3 is 2.62 bits per heavy atom. The average Bonchev–Trinajstić information content (AvgIpc) is 2.53. The molecule has 0 unspecified atom stereocenters. The second-order valence-electron chi connectivity index (χ2n) is 4.78. The molecular formula is C16H22N4O. The van der Waals surface area contributed by atoms with E-state index < -0.39 is 0 Å². The van der Waals surface area contributed by atoms with Gasteiger partial charge in [-0.05, 0) is 30.5 Å². The Bertz CT molecular complexity index is 542. The highest BCUT2D eigenvalue weighted by Gasteiger charge is 2.00. The van der Waals surface area contributed by atoms with Crippen LogP contribution in [-0.2, 0) is 13.0 Å². The van der Waals surface area contributed by atoms with Crippen molar-refractivity contribution < 1.29 is 4.74 Å². The summed E-state index contributed by atoms with van der Waals surface area (Å²) in [6.45, 7) is 4.09. The molecule has 1 aromatic heterocycles. The predicted octanol–water partition coefficient (Wildman–Crippen LogP) is 2.38. The quantitative estimate of drug-likeness (QED) is 0.779. The molecule has 0 amide bonds. The van der Waals surface area contributed by atoms with Crippen molar-refractivity contribution in [1.82, 2.24) is 9.97 Å². The monoisotopic (exact) mass is 286 g/mol. The number of anilines is 1. The number of aromatic nitrogens is 2. The smallest absolute Gasteiger partial charge is 0.226 e. The molecule has 5 heteroatoms. The lowest BCUT2D eigenvalue weighted by Crippen LogP contribution is -2.06. The van der Waals surface area contributed by atoms with Crippen molar-refractivity contribution in [2.24, 2.45) is 5.73 Å². The Balaban J connectivity index is 1.90. The molecule has 0 aliphatic carbocycles. The number of nitrogens with zero attached hydrogens (tertiary/aromatic N) is 2. The largest absolute Gasteiger partial charge is 0.478 e. The highest BCUT2D eigenvalue weighted by Crippen LogP contribution is 2.11. The number of benzene rings is 1. The first-order chi connectivity index (χ1) is 10.3. The lowest BCUT2D eigenvalue weighted by Gasteiger charge is -2.08. The molecule has 0 saturated carbocycles. The highest BCUT2D eigenvalue weighted by molar-refractivity contribution is 5.31. The zero-order valence-electron chi connectivity index (χ0n) is 12.4. The van der Waals surface area contributed by atoms with Crippen molar-refractivity contribution in [3.63, 3.8) is 0 Å². The van der Waals surface area contributed by atoms with Crippen LogP contribution in [0.3, 0.4) is 0 Å². The predicted molar refractivity (Wildman–Crippen MR) is 84.3 cm³/mol. The number of nitrogens with two attached hydrogens (primary N) is 1. The maximum absolute atomic E-state index is 5.54. The first kappa shape index (κ1) is 15.3. The minimum Gasteiger partial charge on any atom is -0.478 e. The van der Waals surface area contributed by atoms with Crippen LogP contribution in [0.2, 0.25) is 0 Å². The van der Waals surface area contributed by atoms with E-state index in [0.29, 0.717) is 31.5 Å². The molecule has 5 nitrogen and oxygen atoms in total. The molecule has 3 N–H and O–H groups in total. The standard InChI is InChI=1S/C16H22N4O/c1-2-11-21-15-8-10-18-16(20-15)19-12-14-5-3-13(4-6-14)7-9-17/h3-6,8,10H,2,7,9,11-12,17H2,1H3,(H,18,19,20). The first-order valence-electron chi connectivity index (χ1n) is 7.29. The Kier molecular flexibility index (Phi) is 5.97. The van der Waals surface area contributed by atoms with Crippen molar-refractivity contribution in [2.45, 2.75) is 26.3 Å². The van der Waals surface area contributed by atoms with Crippen LogP contribution in [0.5, 0.6) is 5.88 Å². The molecule has 0 aliphatic rings. The van der Waals surface area contributed by atoms with E-state index >= 15 is 0 Å². The molecule has 21 heavy (non-hydrogen) atoms. The van der Waals surface area contributed by atoms with Gasteiger partial charge in [-0.1, -0.05) is 31.2 Å². The van der Waals surface area contributed by atoms with E-state index in [0.717, 1.165) is 12.8 Å². The topological polar surface area (TPSA) is 73.1 Å². The number of hydrogen-bond acceptors (Lipinski definition) is 5. The second-order valence-corrected chi connectivity index (χ2v) is 4.78. The van der Waals surface area contributed by atoms with Crippen molar-refractivity contribution in [3.8, 4) is 5.88 Å². The molecule has 2 aromatic rings. The SMILES string of the molecule is CCCOc1ccnc(NCc2ccc(CCN)cc2)n1. The third kappa shape index (κ3) is 5.04. The summed E-state index contributed by atoms with van der Waals surface area (Å²) in [7, 11) is 0. The molecule has 0 aliphatic heterocycles. The molecular weight excluding hydrogens is 264 g/mol. The molecule has 0 atom stereocenters. The molecule has 2 rings (SSSR count). The van der Waals surface area contributed by atoms with E-state index in [1.165, 1.54) is 11.1 Å². The molecule has 0 radical (unpaired) electrons. The van der Waals surface area contributed by atoms with Gasteiger partial charge >= 0.3 is 0 Å². The molecule has 1 aromatic carbocycles. The zero-order valence-corrected chi connectivity index (χ0v) is 12.4. The summed E-state index contributed by atoms with van der Waals surface area (Å²) in [5.41, 5.74) is 7.98. The van der Waals surface area contributed by atoms with Crippen molar-refractivity contribution in [3.05, 3.63) is 47.7 Å². The maximum Gasteiger partial charge on any atom is 0.226 e. The van der Waals surface area contributed by atoms with Crippen LogP contribution < -0.4 is 15.8 Å². The van der Waals surface area contributed by atoms with Gasteiger partial charge in [-0.15, -0.1) is 0 Å². The van der Waals surface area contributed by atoms with Gasteiger partial charge < -0.3 is 15.8 Å². The summed E-state index contributed by atoms with van der Waals surface area (Å²) >= 11 is 0. The summed E-state index contributed by atoms with van der Waals surface area (Å²) in [5, 5.41) is 3.20. The Morgan fingerprint density at radius 1 is 1.14 bits per heavy atom. The number of hydrogen-bond donors (Lipinski definition) is 2. The minimum atomic E-state index is 0.578. The Labute approximate surface area is 125 Å². The van der Waals surface area contributed by atoms with E-state index in [9.17, 15) is 0 Å². The Hall–Kier alpha value is -2.14. The minimum absolute atomic E-state index is 0.578. The van der Waals surface area contributed by atoms with Crippen molar-refractivity contribution >= 4 is 5.95 Å². The van der Waals surface area contributed by atoms with Crippen LogP contribution in [0.1, 0.15) is 24.5 Å². The molecule has 112 valence electrons. The molecule has 0 bridgehead atoms. The molecule has 0 saturated heterocycles. The van der Waals surface area contributed by atoms with Crippen LogP contribution in [0, 0.1) is 0 Å². The normalized spacial score (nSPS) is 10.4. The summed E-state index contributed by atoms with van der Waals surface area (Å²) in [4.78, 5) is 8.50. The van der Waals surface area contributed by atoms with E-state index in [4.69, 9.17) is 10.5 Å². The first-order valence-corrected chi connectivity index (χ1v) is 7.29. The van der Waals surface area contributed by atoms with Gasteiger partial charge in [-0.2, -0.15) is 4.98 Å². The van der Waals surface area contributed by atoms with Gasteiger partial charge in [0.15, 0.2) is 0 Å². The fraction of sp³-hybridized carbons (Fsp3) is 0.375. The second kappa shape index (κ2) is 8.21. The molecule has 1 heterocycles. The number of ether oxygens (including phenoxy) is 1. The summed E-state index contributed by atoms with van der Waals surface area (Å²) in [6.07, 6.45) is 3.57. The maximum atomic E-state index is 5.54. The zero-order chi connectivity index (χ0) is 14.9. The lowest BCUT2D eigenvalue weighted by atomic mass is 10.1. The molecule has 0 spiro atoms. The Morgan fingerprint density at radius 2 is 1.90 bits per heavy atom. The van der Waals surface area contributed by atoms with E-state index in [-0.39, 0.29) is 0 Å².